The van der Waals surface area contributed by atoms with Crippen LogP contribution in [-0.2, 0) is 0 Å². The SMILES string of the molecule is CCCCOc1nc(N)c2c(n1)N(CCCCCC1CCCN(CC)C1)CN2. The van der Waals surface area contributed by atoms with Gasteiger partial charge in [-0.1, -0.05) is 33.1 Å². The molecule has 7 nitrogen and oxygen atoms in total. The van der Waals surface area contributed by atoms with E-state index < -0.39 is 0 Å². The summed E-state index contributed by atoms with van der Waals surface area (Å²) in [5.74, 6) is 2.28. The van der Waals surface area contributed by atoms with E-state index in [1.807, 2.05) is 0 Å². The van der Waals surface area contributed by atoms with Gasteiger partial charge < -0.3 is 25.6 Å². The number of likely N-dealkylation sites (tertiary alicyclic amines) is 1. The summed E-state index contributed by atoms with van der Waals surface area (Å²) in [6.45, 7) is 10.6. The van der Waals surface area contributed by atoms with Gasteiger partial charge in [-0.2, -0.15) is 9.97 Å². The van der Waals surface area contributed by atoms with E-state index in [9.17, 15) is 0 Å². The van der Waals surface area contributed by atoms with Crippen LogP contribution in [0, 0.1) is 5.92 Å². The predicted octanol–water partition coefficient (Wildman–Crippen LogP) is 3.72. The first-order valence-corrected chi connectivity index (χ1v) is 11.2. The summed E-state index contributed by atoms with van der Waals surface area (Å²) >= 11 is 0. The molecule has 7 heteroatoms. The van der Waals surface area contributed by atoms with Gasteiger partial charge in [0.25, 0.3) is 0 Å². The smallest absolute Gasteiger partial charge is 0.320 e. The molecule has 1 unspecified atom stereocenters. The number of ether oxygens (including phenoxy) is 1. The molecule has 3 rings (SSSR count). The molecule has 2 aliphatic heterocycles. The molecule has 1 aromatic rings. The van der Waals surface area contributed by atoms with Crippen LogP contribution in [0.1, 0.15) is 65.2 Å². The van der Waals surface area contributed by atoms with Gasteiger partial charge in [-0.05, 0) is 51.1 Å². The minimum Gasteiger partial charge on any atom is -0.463 e. The highest BCUT2D eigenvalue weighted by Crippen LogP contribution is 2.35. The molecule has 0 aromatic carbocycles. The fourth-order valence-electron chi connectivity index (χ4n) is 4.24. The topological polar surface area (TPSA) is 79.5 Å². The first-order valence-electron chi connectivity index (χ1n) is 11.2. The van der Waals surface area contributed by atoms with Gasteiger partial charge in [0.05, 0.1) is 13.3 Å². The number of nitrogens with two attached hydrogens (primary N) is 1. The molecule has 28 heavy (non-hydrogen) atoms. The molecule has 3 heterocycles. The number of anilines is 3. The van der Waals surface area contributed by atoms with E-state index in [4.69, 9.17) is 10.5 Å². The Kier molecular flexibility index (Phi) is 8.01. The Morgan fingerprint density at radius 2 is 2.07 bits per heavy atom. The summed E-state index contributed by atoms with van der Waals surface area (Å²) in [4.78, 5) is 13.7. The zero-order chi connectivity index (χ0) is 19.8. The largest absolute Gasteiger partial charge is 0.463 e. The van der Waals surface area contributed by atoms with Gasteiger partial charge in [0.15, 0.2) is 11.6 Å². The third kappa shape index (κ3) is 5.63. The molecule has 1 aromatic heterocycles. The number of nitrogens with one attached hydrogen (secondary N) is 1. The Bertz CT molecular complexity index is 611. The lowest BCUT2D eigenvalue weighted by Gasteiger charge is -2.31. The summed E-state index contributed by atoms with van der Waals surface area (Å²) < 4.78 is 5.67. The van der Waals surface area contributed by atoms with Crippen molar-refractivity contribution in [1.82, 2.24) is 14.9 Å². The van der Waals surface area contributed by atoms with E-state index in [0.717, 1.165) is 43.5 Å². The summed E-state index contributed by atoms with van der Waals surface area (Å²) in [5, 5.41) is 3.33. The first-order chi connectivity index (χ1) is 13.7. The quantitative estimate of drug-likeness (QED) is 0.557. The van der Waals surface area contributed by atoms with Crippen molar-refractivity contribution in [2.75, 3.05) is 55.4 Å². The number of hydrogen-bond donors (Lipinski definition) is 2. The molecule has 0 radical (unpaired) electrons. The van der Waals surface area contributed by atoms with Crippen LogP contribution < -0.4 is 20.7 Å². The second-order valence-electron chi connectivity index (χ2n) is 8.14. The maximum Gasteiger partial charge on any atom is 0.320 e. The van der Waals surface area contributed by atoms with Crippen molar-refractivity contribution in [3.63, 3.8) is 0 Å². The second-order valence-corrected chi connectivity index (χ2v) is 8.14. The molecule has 158 valence electrons. The minimum absolute atomic E-state index is 0.399. The fraction of sp³-hybridized carbons (Fsp3) is 0.810. The van der Waals surface area contributed by atoms with E-state index in [-0.39, 0.29) is 0 Å². The molecule has 0 amide bonds. The number of hydrogen-bond acceptors (Lipinski definition) is 7. The number of rotatable bonds is 11. The Balaban J connectivity index is 1.41. The van der Waals surface area contributed by atoms with Gasteiger partial charge in [-0.15, -0.1) is 0 Å². The maximum atomic E-state index is 6.10. The highest BCUT2D eigenvalue weighted by atomic mass is 16.5. The Hall–Kier alpha value is -1.76. The molecule has 0 bridgehead atoms. The number of nitrogen functional groups attached to an aromatic ring is 1. The third-order valence-corrected chi connectivity index (χ3v) is 5.96. The van der Waals surface area contributed by atoms with E-state index in [1.165, 1.54) is 58.2 Å². The van der Waals surface area contributed by atoms with Crippen molar-refractivity contribution in [1.29, 1.82) is 0 Å². The van der Waals surface area contributed by atoms with Gasteiger partial charge in [-0.3, -0.25) is 0 Å². The van der Waals surface area contributed by atoms with Crippen molar-refractivity contribution in [2.24, 2.45) is 5.92 Å². The molecule has 3 N–H and O–H groups in total. The van der Waals surface area contributed by atoms with E-state index in [2.05, 4.69) is 38.9 Å². The zero-order valence-electron chi connectivity index (χ0n) is 17.8. The molecular formula is C21H38N6O. The van der Waals surface area contributed by atoms with E-state index >= 15 is 0 Å². The van der Waals surface area contributed by atoms with Crippen LogP contribution in [0.5, 0.6) is 6.01 Å². The number of aromatic nitrogens is 2. The summed E-state index contributed by atoms with van der Waals surface area (Å²) in [6.07, 6.45) is 10.0. The zero-order valence-corrected chi connectivity index (χ0v) is 17.8. The third-order valence-electron chi connectivity index (χ3n) is 5.96. The molecular weight excluding hydrogens is 352 g/mol. The van der Waals surface area contributed by atoms with Crippen molar-refractivity contribution in [3.05, 3.63) is 0 Å². The van der Waals surface area contributed by atoms with Crippen LogP contribution >= 0.6 is 0 Å². The summed E-state index contributed by atoms with van der Waals surface area (Å²) in [7, 11) is 0. The lowest BCUT2D eigenvalue weighted by atomic mass is 9.92. The second kappa shape index (κ2) is 10.7. The predicted molar refractivity (Wildman–Crippen MR) is 116 cm³/mol. The van der Waals surface area contributed by atoms with Crippen molar-refractivity contribution < 1.29 is 4.74 Å². The number of unbranched alkanes of at least 4 members (excludes halogenated alkanes) is 3. The van der Waals surface area contributed by atoms with Crippen LogP contribution in [0.25, 0.3) is 0 Å². The fourth-order valence-corrected chi connectivity index (χ4v) is 4.24. The monoisotopic (exact) mass is 390 g/mol. The number of piperidine rings is 1. The number of fused-ring (bicyclic) bond motifs is 1. The minimum atomic E-state index is 0.399. The van der Waals surface area contributed by atoms with Crippen LogP contribution in [0.2, 0.25) is 0 Å². The highest BCUT2D eigenvalue weighted by Gasteiger charge is 2.24. The molecule has 0 spiro atoms. The standard InChI is InChI=1S/C21H38N6O/c1-3-5-14-28-21-24-19(22)18-20(25-21)27(16-23-18)13-8-6-7-10-17-11-9-12-26(4-2)15-17/h17,23H,3-16H2,1-2H3,(H2,22,24,25). The van der Waals surface area contributed by atoms with Crippen molar-refractivity contribution in [2.45, 2.75) is 65.2 Å². The Morgan fingerprint density at radius 3 is 2.89 bits per heavy atom. The van der Waals surface area contributed by atoms with Crippen LogP contribution in [0.15, 0.2) is 0 Å². The normalized spacial score (nSPS) is 19.5. The van der Waals surface area contributed by atoms with Crippen LogP contribution in [0.4, 0.5) is 17.3 Å². The van der Waals surface area contributed by atoms with Gasteiger partial charge in [0.2, 0.25) is 0 Å². The molecule has 1 saturated heterocycles. The van der Waals surface area contributed by atoms with E-state index in [1.54, 1.807) is 0 Å². The van der Waals surface area contributed by atoms with Gasteiger partial charge in [0, 0.05) is 13.1 Å². The van der Waals surface area contributed by atoms with Gasteiger partial charge in [-0.25, -0.2) is 0 Å². The molecule has 1 atom stereocenters. The Morgan fingerprint density at radius 1 is 1.18 bits per heavy atom. The van der Waals surface area contributed by atoms with Gasteiger partial charge in [0.1, 0.15) is 5.69 Å². The first kappa shape index (κ1) is 21.0. The molecule has 0 saturated carbocycles. The average molecular weight is 391 g/mol. The van der Waals surface area contributed by atoms with Crippen LogP contribution in [-0.4, -0.2) is 54.3 Å². The average Bonchev–Trinajstić information content (AvgIpc) is 3.12. The van der Waals surface area contributed by atoms with Crippen molar-refractivity contribution >= 4 is 17.3 Å². The molecule has 2 aliphatic rings. The lowest BCUT2D eigenvalue weighted by Crippen LogP contribution is -2.35. The molecule has 1 fully saturated rings. The highest BCUT2D eigenvalue weighted by molar-refractivity contribution is 5.80. The van der Waals surface area contributed by atoms with Gasteiger partial charge >= 0.3 is 6.01 Å². The molecule has 0 aliphatic carbocycles. The summed E-state index contributed by atoms with van der Waals surface area (Å²) in [6, 6.07) is 0.399. The maximum absolute atomic E-state index is 6.10. The van der Waals surface area contributed by atoms with E-state index in [0.29, 0.717) is 18.4 Å². The Labute approximate surface area is 170 Å². The summed E-state index contributed by atoms with van der Waals surface area (Å²) in [5.41, 5.74) is 6.95. The van der Waals surface area contributed by atoms with Crippen LogP contribution in [0.3, 0.4) is 0 Å². The lowest BCUT2D eigenvalue weighted by molar-refractivity contribution is 0.174. The van der Waals surface area contributed by atoms with Crippen molar-refractivity contribution in [3.8, 4) is 6.01 Å². The number of nitrogens with zero attached hydrogens (tertiary/aromatic N) is 4.